The topological polar surface area (TPSA) is 45.6 Å². The number of nitrogens with zero attached hydrogens (tertiary/aromatic N) is 2. The number of aliphatic hydroxyl groups is 1. The van der Waals surface area contributed by atoms with Gasteiger partial charge in [0.2, 0.25) is 0 Å². The molecule has 114 valence electrons. The van der Waals surface area contributed by atoms with Crippen LogP contribution in [-0.2, 0) is 11.3 Å². The van der Waals surface area contributed by atoms with Gasteiger partial charge in [-0.3, -0.25) is 4.90 Å². The molecule has 1 aliphatic carbocycles. The molecule has 1 atom stereocenters. The van der Waals surface area contributed by atoms with Gasteiger partial charge in [-0.15, -0.1) is 11.3 Å². The van der Waals surface area contributed by atoms with Crippen molar-refractivity contribution in [2.24, 2.45) is 0 Å². The summed E-state index contributed by atoms with van der Waals surface area (Å²) in [6.45, 7) is 3.53. The van der Waals surface area contributed by atoms with E-state index in [0.29, 0.717) is 0 Å². The van der Waals surface area contributed by atoms with Crippen molar-refractivity contribution in [3.63, 3.8) is 0 Å². The molecule has 0 aliphatic heterocycles. The van der Waals surface area contributed by atoms with Gasteiger partial charge in [0.1, 0.15) is 11.1 Å². The van der Waals surface area contributed by atoms with Crippen molar-refractivity contribution in [3.05, 3.63) is 16.1 Å². The molecule has 0 amide bonds. The van der Waals surface area contributed by atoms with Crippen LogP contribution in [0.1, 0.15) is 55.8 Å². The minimum absolute atomic E-state index is 0.0570. The van der Waals surface area contributed by atoms with Crippen LogP contribution in [0.2, 0.25) is 0 Å². The van der Waals surface area contributed by atoms with Crippen LogP contribution in [0.15, 0.2) is 5.38 Å². The van der Waals surface area contributed by atoms with Crippen LogP contribution >= 0.6 is 11.3 Å². The van der Waals surface area contributed by atoms with E-state index in [1.807, 2.05) is 6.92 Å². The van der Waals surface area contributed by atoms with E-state index >= 15 is 0 Å². The van der Waals surface area contributed by atoms with Gasteiger partial charge in [-0.25, -0.2) is 4.98 Å². The largest absolute Gasteiger partial charge is 0.389 e. The number of hydrogen-bond donors (Lipinski definition) is 1. The fourth-order valence-corrected chi connectivity index (χ4v) is 3.73. The lowest BCUT2D eigenvalue weighted by Gasteiger charge is -2.35. The number of thiazole rings is 1. The van der Waals surface area contributed by atoms with Crippen molar-refractivity contribution in [1.82, 2.24) is 9.88 Å². The number of rotatable bonds is 6. The van der Waals surface area contributed by atoms with E-state index in [2.05, 4.69) is 22.3 Å². The molecule has 1 fully saturated rings. The number of methoxy groups -OCH3 is 1. The van der Waals surface area contributed by atoms with E-state index in [1.165, 1.54) is 6.42 Å². The van der Waals surface area contributed by atoms with Crippen LogP contribution in [0.3, 0.4) is 0 Å². The third-order valence-corrected chi connectivity index (χ3v) is 5.11. The fourth-order valence-electron chi connectivity index (χ4n) is 2.89. The molecule has 1 unspecified atom stereocenters. The third kappa shape index (κ3) is 4.25. The van der Waals surface area contributed by atoms with Gasteiger partial charge < -0.3 is 9.84 Å². The van der Waals surface area contributed by atoms with Crippen molar-refractivity contribution in [3.8, 4) is 0 Å². The standard InChI is InChI=1S/C15H26N2O2S/c1-12(19-3)14-16-13(10-20-14)9-17(2)11-15(18)7-5-4-6-8-15/h10,12,18H,4-9,11H2,1-3H3. The summed E-state index contributed by atoms with van der Waals surface area (Å²) in [7, 11) is 3.77. The zero-order valence-corrected chi connectivity index (χ0v) is 13.6. The Bertz CT molecular complexity index is 416. The normalized spacial score (nSPS) is 20.2. The van der Waals surface area contributed by atoms with Crippen molar-refractivity contribution < 1.29 is 9.84 Å². The Hall–Kier alpha value is -0.490. The Kier molecular flexibility index (Phi) is 5.55. The summed E-state index contributed by atoms with van der Waals surface area (Å²) in [5.41, 5.74) is 0.571. The van der Waals surface area contributed by atoms with E-state index in [4.69, 9.17) is 4.74 Å². The van der Waals surface area contributed by atoms with Crippen LogP contribution in [0, 0.1) is 0 Å². The average molecular weight is 298 g/mol. The maximum absolute atomic E-state index is 10.6. The van der Waals surface area contributed by atoms with E-state index in [9.17, 15) is 5.11 Å². The van der Waals surface area contributed by atoms with Gasteiger partial charge in [-0.05, 0) is 26.8 Å². The summed E-state index contributed by atoms with van der Waals surface area (Å²) in [4.78, 5) is 6.79. The summed E-state index contributed by atoms with van der Waals surface area (Å²) in [5, 5.41) is 13.7. The molecular weight excluding hydrogens is 272 g/mol. The van der Waals surface area contributed by atoms with Crippen molar-refractivity contribution in [2.45, 2.75) is 57.3 Å². The van der Waals surface area contributed by atoms with Crippen LogP contribution in [-0.4, -0.2) is 41.3 Å². The molecular formula is C15H26N2O2S. The number of aromatic nitrogens is 1. The molecule has 1 aromatic rings. The first-order valence-electron chi connectivity index (χ1n) is 7.40. The highest BCUT2D eigenvalue weighted by atomic mass is 32.1. The van der Waals surface area contributed by atoms with E-state index in [0.717, 1.165) is 49.5 Å². The monoisotopic (exact) mass is 298 g/mol. The first kappa shape index (κ1) is 15.9. The molecule has 0 spiro atoms. The van der Waals surface area contributed by atoms with Crippen LogP contribution in [0.4, 0.5) is 0 Å². The molecule has 5 heteroatoms. The summed E-state index contributed by atoms with van der Waals surface area (Å²) >= 11 is 1.64. The highest BCUT2D eigenvalue weighted by Crippen LogP contribution is 2.29. The molecule has 1 aliphatic rings. The van der Waals surface area contributed by atoms with E-state index in [1.54, 1.807) is 18.4 Å². The highest BCUT2D eigenvalue weighted by Gasteiger charge is 2.30. The van der Waals surface area contributed by atoms with Crippen LogP contribution < -0.4 is 0 Å². The molecule has 0 aromatic carbocycles. The molecule has 0 radical (unpaired) electrons. The van der Waals surface area contributed by atoms with Gasteiger partial charge in [-0.2, -0.15) is 0 Å². The summed E-state index contributed by atoms with van der Waals surface area (Å²) < 4.78 is 5.29. The minimum Gasteiger partial charge on any atom is -0.389 e. The van der Waals surface area contributed by atoms with Gasteiger partial charge in [-0.1, -0.05) is 19.3 Å². The third-order valence-electron chi connectivity index (χ3n) is 4.05. The SMILES string of the molecule is COC(C)c1nc(CN(C)CC2(O)CCCCC2)cs1. The lowest BCUT2D eigenvalue weighted by molar-refractivity contribution is -0.0225. The second kappa shape index (κ2) is 6.98. The van der Waals surface area contributed by atoms with Crippen molar-refractivity contribution >= 4 is 11.3 Å². The zero-order chi connectivity index (χ0) is 14.6. The van der Waals surface area contributed by atoms with Gasteiger partial charge in [0, 0.05) is 25.6 Å². The van der Waals surface area contributed by atoms with E-state index in [-0.39, 0.29) is 6.10 Å². The first-order chi connectivity index (χ1) is 9.52. The molecule has 4 nitrogen and oxygen atoms in total. The molecule has 0 saturated heterocycles. The summed E-state index contributed by atoms with van der Waals surface area (Å²) in [6, 6.07) is 0. The van der Waals surface area contributed by atoms with Gasteiger partial charge in [0.05, 0.1) is 11.3 Å². The predicted molar refractivity (Wildman–Crippen MR) is 81.9 cm³/mol. The number of hydrogen-bond acceptors (Lipinski definition) is 5. The number of likely N-dealkylation sites (N-methyl/N-ethyl adjacent to an activating group) is 1. The second-order valence-corrected chi connectivity index (χ2v) is 6.90. The lowest BCUT2D eigenvalue weighted by Crippen LogP contribution is -2.42. The summed E-state index contributed by atoms with van der Waals surface area (Å²) in [5.74, 6) is 0. The highest BCUT2D eigenvalue weighted by molar-refractivity contribution is 7.09. The number of ether oxygens (including phenoxy) is 1. The maximum atomic E-state index is 10.6. The predicted octanol–water partition coefficient (Wildman–Crippen LogP) is 2.98. The Labute approximate surface area is 125 Å². The minimum atomic E-state index is -0.494. The Morgan fingerprint density at radius 1 is 1.45 bits per heavy atom. The molecule has 0 bridgehead atoms. The molecule has 1 heterocycles. The van der Waals surface area contributed by atoms with E-state index < -0.39 is 5.60 Å². The fraction of sp³-hybridized carbons (Fsp3) is 0.800. The Morgan fingerprint density at radius 2 is 2.15 bits per heavy atom. The Balaban J connectivity index is 1.87. The smallest absolute Gasteiger partial charge is 0.122 e. The Morgan fingerprint density at radius 3 is 2.80 bits per heavy atom. The molecule has 2 rings (SSSR count). The quantitative estimate of drug-likeness (QED) is 0.877. The van der Waals surface area contributed by atoms with Crippen molar-refractivity contribution in [1.29, 1.82) is 0 Å². The van der Waals surface area contributed by atoms with Gasteiger partial charge in [0.25, 0.3) is 0 Å². The lowest BCUT2D eigenvalue weighted by atomic mass is 9.84. The van der Waals surface area contributed by atoms with Crippen LogP contribution in [0.25, 0.3) is 0 Å². The first-order valence-corrected chi connectivity index (χ1v) is 8.28. The van der Waals surface area contributed by atoms with Gasteiger partial charge in [0.15, 0.2) is 0 Å². The van der Waals surface area contributed by atoms with Gasteiger partial charge >= 0.3 is 0 Å². The van der Waals surface area contributed by atoms with Crippen LogP contribution in [0.5, 0.6) is 0 Å². The average Bonchev–Trinajstić information content (AvgIpc) is 2.86. The molecule has 1 N–H and O–H groups in total. The maximum Gasteiger partial charge on any atom is 0.122 e. The van der Waals surface area contributed by atoms with Crippen molar-refractivity contribution in [2.75, 3.05) is 20.7 Å². The molecule has 20 heavy (non-hydrogen) atoms. The summed E-state index contributed by atoms with van der Waals surface area (Å²) in [6.07, 6.45) is 5.48. The second-order valence-electron chi connectivity index (χ2n) is 6.01. The molecule has 1 saturated carbocycles. The zero-order valence-electron chi connectivity index (χ0n) is 12.8. The molecule has 1 aromatic heterocycles.